The van der Waals surface area contributed by atoms with Gasteiger partial charge in [-0.05, 0) is 36.9 Å². The van der Waals surface area contributed by atoms with Crippen LogP contribution in [0.25, 0.3) is 0 Å². The summed E-state index contributed by atoms with van der Waals surface area (Å²) < 4.78 is 6.96. The third kappa shape index (κ3) is 3.40. The van der Waals surface area contributed by atoms with Gasteiger partial charge in [-0.15, -0.1) is 0 Å². The van der Waals surface area contributed by atoms with Gasteiger partial charge in [-0.25, -0.2) is 9.97 Å². The molecule has 0 bridgehead atoms. The van der Waals surface area contributed by atoms with Gasteiger partial charge in [0.2, 0.25) is 0 Å². The minimum atomic E-state index is -0.347. The van der Waals surface area contributed by atoms with Crippen molar-refractivity contribution in [2.75, 3.05) is 5.32 Å². The average Bonchev–Trinajstić information content (AvgIpc) is 3.11. The molecule has 0 radical (unpaired) electrons. The van der Waals surface area contributed by atoms with Gasteiger partial charge in [0.1, 0.15) is 5.76 Å². The standard InChI is InChI=1S/C15H13ClN4O2S/c1-9-13(18-8-22-9)14(21)19-11-7-10(16)3-4-12(11)23-15-17-5-6-20(15)2/h3-8H,1-2H3,(H,19,21). The summed E-state index contributed by atoms with van der Waals surface area (Å²) in [5, 5.41) is 4.16. The normalized spacial score (nSPS) is 10.7. The summed E-state index contributed by atoms with van der Waals surface area (Å²) in [6.07, 6.45) is 4.82. The number of rotatable bonds is 4. The molecule has 0 saturated heterocycles. The number of hydrogen-bond donors (Lipinski definition) is 1. The van der Waals surface area contributed by atoms with Gasteiger partial charge < -0.3 is 14.3 Å². The van der Waals surface area contributed by atoms with E-state index < -0.39 is 0 Å². The fraction of sp³-hybridized carbons (Fsp3) is 0.133. The maximum atomic E-state index is 12.3. The molecule has 1 N–H and O–H groups in total. The molecule has 0 aliphatic heterocycles. The van der Waals surface area contributed by atoms with Crippen LogP contribution in [0.15, 0.2) is 51.5 Å². The molecule has 23 heavy (non-hydrogen) atoms. The van der Waals surface area contributed by atoms with Crippen LogP contribution in [0, 0.1) is 6.92 Å². The van der Waals surface area contributed by atoms with E-state index in [1.807, 2.05) is 23.9 Å². The summed E-state index contributed by atoms with van der Waals surface area (Å²) in [5.74, 6) is 0.114. The predicted octanol–water partition coefficient (Wildman–Crippen LogP) is 3.77. The minimum Gasteiger partial charge on any atom is -0.448 e. The first kappa shape index (κ1) is 15.6. The smallest absolute Gasteiger partial charge is 0.277 e. The van der Waals surface area contributed by atoms with Gasteiger partial charge in [-0.1, -0.05) is 11.6 Å². The Morgan fingerprint density at radius 3 is 2.87 bits per heavy atom. The molecule has 0 aliphatic rings. The summed E-state index contributed by atoms with van der Waals surface area (Å²) in [5.41, 5.74) is 0.843. The number of anilines is 1. The van der Waals surface area contributed by atoms with Gasteiger partial charge in [0.05, 0.1) is 5.69 Å². The van der Waals surface area contributed by atoms with Crippen molar-refractivity contribution in [1.29, 1.82) is 0 Å². The molecule has 1 amide bonds. The lowest BCUT2D eigenvalue weighted by atomic mass is 10.3. The number of nitrogens with zero attached hydrogens (tertiary/aromatic N) is 3. The second-order valence-electron chi connectivity index (χ2n) is 4.77. The van der Waals surface area contributed by atoms with Crippen molar-refractivity contribution in [3.8, 4) is 0 Å². The zero-order valence-corrected chi connectivity index (χ0v) is 14.0. The number of carbonyl (C=O) groups excluding carboxylic acids is 1. The Morgan fingerprint density at radius 1 is 1.39 bits per heavy atom. The van der Waals surface area contributed by atoms with Crippen LogP contribution in [0.3, 0.4) is 0 Å². The van der Waals surface area contributed by atoms with E-state index in [1.54, 1.807) is 25.3 Å². The van der Waals surface area contributed by atoms with Crippen molar-refractivity contribution in [2.45, 2.75) is 17.0 Å². The van der Waals surface area contributed by atoms with Crippen molar-refractivity contribution in [3.05, 3.63) is 53.5 Å². The van der Waals surface area contributed by atoms with Crippen LogP contribution in [0.4, 0.5) is 5.69 Å². The molecule has 3 aromatic rings. The lowest BCUT2D eigenvalue weighted by Gasteiger charge is -2.10. The summed E-state index contributed by atoms with van der Waals surface area (Å²) in [6, 6.07) is 5.30. The van der Waals surface area contributed by atoms with Crippen LogP contribution in [0.1, 0.15) is 16.2 Å². The highest BCUT2D eigenvalue weighted by Crippen LogP contribution is 2.34. The topological polar surface area (TPSA) is 73.0 Å². The summed E-state index contributed by atoms with van der Waals surface area (Å²) in [4.78, 5) is 21.3. The summed E-state index contributed by atoms with van der Waals surface area (Å²) in [6.45, 7) is 1.68. The van der Waals surface area contributed by atoms with E-state index in [9.17, 15) is 4.79 Å². The first-order chi connectivity index (χ1) is 11.0. The van der Waals surface area contributed by atoms with Gasteiger partial charge in [0, 0.05) is 29.4 Å². The van der Waals surface area contributed by atoms with Crippen LogP contribution < -0.4 is 5.32 Å². The van der Waals surface area contributed by atoms with Crippen LogP contribution >= 0.6 is 23.4 Å². The van der Waals surface area contributed by atoms with Crippen molar-refractivity contribution >= 4 is 35.0 Å². The molecule has 0 atom stereocenters. The van der Waals surface area contributed by atoms with Gasteiger partial charge >= 0.3 is 0 Å². The predicted molar refractivity (Wildman–Crippen MR) is 88.0 cm³/mol. The number of imidazole rings is 1. The number of benzene rings is 1. The molecule has 118 valence electrons. The quantitative estimate of drug-likeness (QED) is 0.776. The highest BCUT2D eigenvalue weighted by molar-refractivity contribution is 7.99. The number of aromatic nitrogens is 3. The first-order valence-corrected chi connectivity index (χ1v) is 7.90. The number of halogens is 1. The van der Waals surface area contributed by atoms with E-state index in [1.165, 1.54) is 18.2 Å². The fourth-order valence-electron chi connectivity index (χ4n) is 1.94. The Hall–Kier alpha value is -2.25. The first-order valence-electron chi connectivity index (χ1n) is 6.71. The van der Waals surface area contributed by atoms with E-state index in [0.717, 1.165) is 10.1 Å². The highest BCUT2D eigenvalue weighted by Gasteiger charge is 2.16. The van der Waals surface area contributed by atoms with Crippen molar-refractivity contribution in [3.63, 3.8) is 0 Å². The van der Waals surface area contributed by atoms with Crippen LogP contribution in [0.2, 0.25) is 5.02 Å². The molecule has 0 saturated carbocycles. The van der Waals surface area contributed by atoms with Crippen LogP contribution in [-0.2, 0) is 7.05 Å². The van der Waals surface area contributed by atoms with Gasteiger partial charge in [-0.2, -0.15) is 0 Å². The third-order valence-corrected chi connectivity index (χ3v) is 4.51. The van der Waals surface area contributed by atoms with Gasteiger partial charge in [0.15, 0.2) is 17.2 Å². The second-order valence-corrected chi connectivity index (χ2v) is 6.22. The molecular weight excluding hydrogens is 336 g/mol. The van der Waals surface area contributed by atoms with E-state index in [-0.39, 0.29) is 11.6 Å². The Kier molecular flexibility index (Phi) is 4.40. The zero-order chi connectivity index (χ0) is 16.4. The van der Waals surface area contributed by atoms with Crippen molar-refractivity contribution < 1.29 is 9.21 Å². The maximum Gasteiger partial charge on any atom is 0.277 e. The molecule has 3 rings (SSSR count). The minimum absolute atomic E-state index is 0.248. The largest absolute Gasteiger partial charge is 0.448 e. The number of amides is 1. The van der Waals surface area contributed by atoms with E-state index >= 15 is 0 Å². The van der Waals surface area contributed by atoms with E-state index in [0.29, 0.717) is 16.5 Å². The molecular formula is C15H13ClN4O2S. The number of carbonyl (C=O) groups is 1. The zero-order valence-electron chi connectivity index (χ0n) is 12.4. The van der Waals surface area contributed by atoms with E-state index in [4.69, 9.17) is 16.0 Å². The molecule has 6 nitrogen and oxygen atoms in total. The lowest BCUT2D eigenvalue weighted by Crippen LogP contribution is -2.14. The molecule has 2 aromatic heterocycles. The van der Waals surface area contributed by atoms with Gasteiger partial charge in [-0.3, -0.25) is 4.79 Å². The SMILES string of the molecule is Cc1ocnc1C(=O)Nc1cc(Cl)ccc1Sc1nccn1C. The third-order valence-electron chi connectivity index (χ3n) is 3.13. The fourth-order valence-corrected chi connectivity index (χ4v) is 2.99. The Balaban J connectivity index is 1.89. The number of aryl methyl sites for hydroxylation is 2. The number of nitrogens with one attached hydrogen (secondary N) is 1. The molecule has 8 heteroatoms. The van der Waals surface area contributed by atoms with Crippen LogP contribution in [-0.4, -0.2) is 20.4 Å². The Morgan fingerprint density at radius 2 is 2.22 bits per heavy atom. The Labute approximate surface area is 141 Å². The summed E-state index contributed by atoms with van der Waals surface area (Å²) >= 11 is 7.49. The van der Waals surface area contributed by atoms with Gasteiger partial charge in [0.25, 0.3) is 5.91 Å². The Bertz CT molecular complexity index is 859. The molecule has 1 aromatic carbocycles. The summed E-state index contributed by atoms with van der Waals surface area (Å²) in [7, 11) is 1.91. The maximum absolute atomic E-state index is 12.3. The number of hydrogen-bond acceptors (Lipinski definition) is 5. The van der Waals surface area contributed by atoms with Crippen molar-refractivity contribution in [2.24, 2.45) is 7.05 Å². The molecule has 0 aliphatic carbocycles. The average molecular weight is 349 g/mol. The monoisotopic (exact) mass is 348 g/mol. The molecule has 2 heterocycles. The van der Waals surface area contributed by atoms with E-state index in [2.05, 4.69) is 15.3 Å². The highest BCUT2D eigenvalue weighted by atomic mass is 35.5. The molecule has 0 unspecified atom stereocenters. The van der Waals surface area contributed by atoms with Crippen molar-refractivity contribution in [1.82, 2.24) is 14.5 Å². The lowest BCUT2D eigenvalue weighted by molar-refractivity contribution is 0.102. The molecule has 0 fully saturated rings. The molecule has 0 spiro atoms. The number of oxazole rings is 1. The second kappa shape index (κ2) is 6.47. The van der Waals surface area contributed by atoms with Crippen LogP contribution in [0.5, 0.6) is 0 Å².